The standard InChI is InChI=1S/C16H21FN2O4/c1-22-15(23-2)9-18-16(21)13-7-8-14(20)19(13)10-11-3-5-12(17)6-4-11/h3-6,13,15H,7-10H2,1-2H3,(H,18,21). The molecule has 1 saturated heterocycles. The Labute approximate surface area is 134 Å². The fourth-order valence-corrected chi connectivity index (χ4v) is 2.56. The predicted octanol–water partition coefficient (Wildman–Crippen LogP) is 1.05. The van der Waals surface area contributed by atoms with Gasteiger partial charge in [0.1, 0.15) is 11.9 Å². The molecular formula is C16H21FN2O4. The Morgan fingerprint density at radius 2 is 2.00 bits per heavy atom. The summed E-state index contributed by atoms with van der Waals surface area (Å²) < 4.78 is 23.0. The van der Waals surface area contributed by atoms with Crippen molar-refractivity contribution >= 4 is 11.8 Å². The SMILES string of the molecule is COC(CNC(=O)C1CCC(=O)N1Cc1ccc(F)cc1)OC. The van der Waals surface area contributed by atoms with Gasteiger partial charge in [0.25, 0.3) is 0 Å². The fraction of sp³-hybridized carbons (Fsp3) is 0.500. The van der Waals surface area contributed by atoms with E-state index in [1.807, 2.05) is 0 Å². The molecule has 1 aromatic rings. The number of hydrogen-bond acceptors (Lipinski definition) is 4. The maximum absolute atomic E-state index is 13.0. The lowest BCUT2D eigenvalue weighted by molar-refractivity contribution is -0.138. The molecule has 1 aliphatic heterocycles. The molecular weight excluding hydrogens is 303 g/mol. The zero-order valence-electron chi connectivity index (χ0n) is 13.3. The van der Waals surface area contributed by atoms with Gasteiger partial charge >= 0.3 is 0 Å². The molecule has 1 N–H and O–H groups in total. The van der Waals surface area contributed by atoms with E-state index < -0.39 is 12.3 Å². The Kier molecular flexibility index (Phi) is 6.06. The number of amides is 2. The molecule has 1 unspecified atom stereocenters. The molecule has 6 nitrogen and oxygen atoms in total. The first-order valence-electron chi connectivity index (χ1n) is 7.42. The van der Waals surface area contributed by atoms with Crippen LogP contribution in [0.1, 0.15) is 18.4 Å². The molecule has 1 aliphatic rings. The van der Waals surface area contributed by atoms with E-state index in [4.69, 9.17) is 9.47 Å². The quantitative estimate of drug-likeness (QED) is 0.761. The highest BCUT2D eigenvalue weighted by Crippen LogP contribution is 2.22. The molecule has 126 valence electrons. The average Bonchev–Trinajstić information content (AvgIpc) is 2.91. The van der Waals surface area contributed by atoms with Gasteiger partial charge in [-0.15, -0.1) is 0 Å². The van der Waals surface area contributed by atoms with Crippen LogP contribution in [0.5, 0.6) is 0 Å². The number of ether oxygens (including phenoxy) is 2. The summed E-state index contributed by atoms with van der Waals surface area (Å²) >= 11 is 0. The lowest BCUT2D eigenvalue weighted by Crippen LogP contribution is -2.46. The first-order valence-corrected chi connectivity index (χ1v) is 7.42. The Bertz CT molecular complexity index is 546. The van der Waals surface area contributed by atoms with Crippen LogP contribution in [0.2, 0.25) is 0 Å². The van der Waals surface area contributed by atoms with Crippen molar-refractivity contribution in [1.82, 2.24) is 10.2 Å². The first kappa shape index (κ1) is 17.4. The molecule has 7 heteroatoms. The van der Waals surface area contributed by atoms with Crippen molar-refractivity contribution < 1.29 is 23.5 Å². The number of nitrogens with one attached hydrogen (secondary N) is 1. The predicted molar refractivity (Wildman–Crippen MR) is 80.8 cm³/mol. The molecule has 23 heavy (non-hydrogen) atoms. The first-order chi connectivity index (χ1) is 11.0. The van der Waals surface area contributed by atoms with Gasteiger partial charge in [-0.05, 0) is 24.1 Å². The minimum absolute atomic E-state index is 0.0792. The number of rotatable bonds is 7. The van der Waals surface area contributed by atoms with Gasteiger partial charge in [-0.25, -0.2) is 4.39 Å². The van der Waals surface area contributed by atoms with Crippen molar-refractivity contribution in [2.45, 2.75) is 31.7 Å². The third kappa shape index (κ3) is 4.49. The summed E-state index contributed by atoms with van der Waals surface area (Å²) in [6.07, 6.45) is 0.273. The number of likely N-dealkylation sites (tertiary alicyclic amines) is 1. The van der Waals surface area contributed by atoms with Gasteiger partial charge in [0.05, 0.1) is 6.54 Å². The fourth-order valence-electron chi connectivity index (χ4n) is 2.56. The number of halogens is 1. The van der Waals surface area contributed by atoms with Crippen LogP contribution in [-0.2, 0) is 25.6 Å². The van der Waals surface area contributed by atoms with E-state index in [1.165, 1.54) is 31.3 Å². The Balaban J connectivity index is 1.98. The molecule has 0 aromatic heterocycles. The number of methoxy groups -OCH3 is 2. The van der Waals surface area contributed by atoms with Crippen LogP contribution in [0.15, 0.2) is 24.3 Å². The number of benzene rings is 1. The van der Waals surface area contributed by atoms with Gasteiger partial charge in [-0.2, -0.15) is 0 Å². The van der Waals surface area contributed by atoms with Gasteiger partial charge in [0.2, 0.25) is 11.8 Å². The molecule has 0 radical (unpaired) electrons. The number of carbonyl (C=O) groups excluding carboxylic acids is 2. The van der Waals surface area contributed by atoms with Gasteiger partial charge in [0.15, 0.2) is 6.29 Å². The van der Waals surface area contributed by atoms with Crippen molar-refractivity contribution in [2.75, 3.05) is 20.8 Å². The van der Waals surface area contributed by atoms with Crippen LogP contribution < -0.4 is 5.32 Å². The topological polar surface area (TPSA) is 67.9 Å². The monoisotopic (exact) mass is 324 g/mol. The van der Waals surface area contributed by atoms with Crippen molar-refractivity contribution in [1.29, 1.82) is 0 Å². The van der Waals surface area contributed by atoms with Crippen molar-refractivity contribution in [3.63, 3.8) is 0 Å². The zero-order valence-corrected chi connectivity index (χ0v) is 13.3. The highest BCUT2D eigenvalue weighted by atomic mass is 19.1. The lowest BCUT2D eigenvalue weighted by Gasteiger charge is -2.25. The molecule has 0 aliphatic carbocycles. The number of hydrogen-bond donors (Lipinski definition) is 1. The second kappa shape index (κ2) is 8.03. The molecule has 1 aromatic carbocycles. The van der Waals surface area contributed by atoms with Crippen molar-refractivity contribution in [2.24, 2.45) is 0 Å². The molecule has 0 spiro atoms. The minimum Gasteiger partial charge on any atom is -0.354 e. The molecule has 1 heterocycles. The second-order valence-corrected chi connectivity index (χ2v) is 5.35. The minimum atomic E-state index is -0.526. The molecule has 2 amide bonds. The third-order valence-electron chi connectivity index (χ3n) is 3.87. The van der Waals surface area contributed by atoms with Gasteiger partial charge in [0, 0.05) is 27.2 Å². The normalized spacial score (nSPS) is 17.8. The Morgan fingerprint density at radius 1 is 1.35 bits per heavy atom. The van der Waals surface area contributed by atoms with Crippen LogP contribution in [0.25, 0.3) is 0 Å². The van der Waals surface area contributed by atoms with Crippen LogP contribution in [0.4, 0.5) is 4.39 Å². The maximum atomic E-state index is 13.0. The average molecular weight is 324 g/mol. The molecule has 0 saturated carbocycles. The van der Waals surface area contributed by atoms with Crippen molar-refractivity contribution in [3.8, 4) is 0 Å². The van der Waals surface area contributed by atoms with E-state index in [-0.39, 0.29) is 30.7 Å². The summed E-state index contributed by atoms with van der Waals surface area (Å²) in [7, 11) is 2.97. The van der Waals surface area contributed by atoms with E-state index in [0.29, 0.717) is 12.8 Å². The molecule has 0 bridgehead atoms. The summed E-state index contributed by atoms with van der Waals surface area (Å²) in [5, 5.41) is 2.73. The number of carbonyl (C=O) groups is 2. The van der Waals surface area contributed by atoms with Gasteiger partial charge in [-0.3, -0.25) is 9.59 Å². The molecule has 2 rings (SSSR count). The summed E-state index contributed by atoms with van der Waals surface area (Å²) in [5.41, 5.74) is 0.783. The summed E-state index contributed by atoms with van der Waals surface area (Å²) in [4.78, 5) is 25.9. The van der Waals surface area contributed by atoms with Crippen LogP contribution in [0.3, 0.4) is 0 Å². The van der Waals surface area contributed by atoms with E-state index in [1.54, 1.807) is 12.1 Å². The number of nitrogens with zero attached hydrogens (tertiary/aromatic N) is 1. The van der Waals surface area contributed by atoms with E-state index >= 15 is 0 Å². The second-order valence-electron chi connectivity index (χ2n) is 5.35. The van der Waals surface area contributed by atoms with Crippen molar-refractivity contribution in [3.05, 3.63) is 35.6 Å². The Morgan fingerprint density at radius 3 is 2.61 bits per heavy atom. The van der Waals surface area contributed by atoms with Crippen LogP contribution >= 0.6 is 0 Å². The highest BCUT2D eigenvalue weighted by Gasteiger charge is 2.35. The zero-order chi connectivity index (χ0) is 16.8. The maximum Gasteiger partial charge on any atom is 0.243 e. The highest BCUT2D eigenvalue weighted by molar-refractivity contribution is 5.90. The third-order valence-corrected chi connectivity index (χ3v) is 3.87. The smallest absolute Gasteiger partial charge is 0.243 e. The largest absolute Gasteiger partial charge is 0.354 e. The summed E-state index contributed by atoms with van der Waals surface area (Å²) in [5.74, 6) is -0.650. The summed E-state index contributed by atoms with van der Waals surface area (Å²) in [6.45, 7) is 0.496. The van der Waals surface area contributed by atoms with Crippen LogP contribution in [-0.4, -0.2) is 49.8 Å². The lowest BCUT2D eigenvalue weighted by atomic mass is 10.1. The van der Waals surface area contributed by atoms with Gasteiger partial charge < -0.3 is 19.7 Å². The van der Waals surface area contributed by atoms with Crippen LogP contribution in [0, 0.1) is 5.82 Å². The molecule has 1 atom stereocenters. The summed E-state index contributed by atoms with van der Waals surface area (Å²) in [6, 6.07) is 5.38. The van der Waals surface area contributed by atoms with E-state index in [2.05, 4.69) is 5.32 Å². The Hall–Kier alpha value is -1.99. The van der Waals surface area contributed by atoms with E-state index in [0.717, 1.165) is 5.56 Å². The van der Waals surface area contributed by atoms with E-state index in [9.17, 15) is 14.0 Å². The van der Waals surface area contributed by atoms with Gasteiger partial charge in [-0.1, -0.05) is 12.1 Å². The molecule has 1 fully saturated rings.